The molecule has 0 aliphatic heterocycles. The molecular formula is C142H90N2. The van der Waals surface area contributed by atoms with Gasteiger partial charge in [0.1, 0.15) is 0 Å². The van der Waals surface area contributed by atoms with E-state index in [0.29, 0.717) is 0 Å². The first-order valence-electron chi connectivity index (χ1n) is 50.1. The third-order valence-electron chi connectivity index (χ3n) is 31.7. The molecule has 668 valence electrons. The fourth-order valence-corrected chi connectivity index (χ4v) is 25.4. The zero-order chi connectivity index (χ0) is 94.7. The van der Waals surface area contributed by atoms with Gasteiger partial charge >= 0.3 is 0 Å². The predicted molar refractivity (Wildman–Crippen MR) is 608 cm³/mol. The Bertz CT molecular complexity index is 9630. The fourth-order valence-electron chi connectivity index (χ4n) is 25.4. The van der Waals surface area contributed by atoms with Crippen LogP contribution in [0.25, 0.3) is 197 Å². The van der Waals surface area contributed by atoms with Crippen LogP contribution in [0.15, 0.2) is 546 Å². The van der Waals surface area contributed by atoms with Crippen molar-refractivity contribution in [1.82, 2.24) is 0 Å². The molecule has 4 aliphatic carbocycles. The van der Waals surface area contributed by atoms with Gasteiger partial charge in [0.15, 0.2) is 0 Å². The number of anilines is 6. The molecule has 2 heteroatoms. The lowest BCUT2D eigenvalue weighted by molar-refractivity contribution is 0.794. The zero-order valence-electron chi connectivity index (χ0n) is 78.9. The van der Waals surface area contributed by atoms with Crippen LogP contribution in [0, 0.1) is 0 Å². The van der Waals surface area contributed by atoms with E-state index in [0.717, 1.165) is 56.4 Å². The van der Waals surface area contributed by atoms with E-state index in [4.69, 9.17) is 0 Å². The second-order valence-electron chi connectivity index (χ2n) is 39.0. The molecule has 0 atom stereocenters. The third-order valence-corrected chi connectivity index (χ3v) is 31.7. The molecule has 0 saturated carbocycles. The monoisotopic (exact) mass is 1820 g/mol. The van der Waals surface area contributed by atoms with Crippen molar-refractivity contribution in [2.24, 2.45) is 0 Å². The molecule has 0 fully saturated rings. The van der Waals surface area contributed by atoms with Crippen LogP contribution in [-0.2, 0) is 10.8 Å². The molecule has 26 aromatic rings. The molecule has 0 saturated heterocycles. The van der Waals surface area contributed by atoms with Gasteiger partial charge in [-0.3, -0.25) is 0 Å². The second-order valence-corrected chi connectivity index (χ2v) is 39.0. The van der Waals surface area contributed by atoms with Crippen molar-refractivity contribution in [3.8, 4) is 111 Å². The number of fused-ring (bicyclic) bond motifs is 34. The molecule has 2 nitrogen and oxygen atoms in total. The summed E-state index contributed by atoms with van der Waals surface area (Å²) < 4.78 is 0. The highest BCUT2D eigenvalue weighted by Gasteiger charge is 2.54. The Morgan fingerprint density at radius 2 is 0.375 bits per heavy atom. The average Bonchev–Trinajstić information content (AvgIpc) is 1.51. The maximum Gasteiger partial charge on any atom is 0.0726 e. The number of hydrogen-bond donors (Lipinski definition) is 0. The first-order valence-corrected chi connectivity index (χ1v) is 50.1. The molecule has 30 rings (SSSR count). The van der Waals surface area contributed by atoms with Crippen LogP contribution in [0.5, 0.6) is 0 Å². The Labute approximate surface area is 836 Å². The first kappa shape index (κ1) is 82.5. The number of para-hydroxylation sites is 1. The van der Waals surface area contributed by atoms with Crippen molar-refractivity contribution >= 4 is 120 Å². The first-order chi connectivity index (χ1) is 71.4. The third kappa shape index (κ3) is 12.6. The van der Waals surface area contributed by atoms with E-state index in [1.54, 1.807) is 0 Å². The fraction of sp³-hybridized carbons (Fsp3) is 0.0141. The maximum absolute atomic E-state index is 2.57. The highest BCUT2D eigenvalue weighted by molar-refractivity contribution is 6.28. The van der Waals surface area contributed by atoms with Gasteiger partial charge in [-0.1, -0.05) is 467 Å². The van der Waals surface area contributed by atoms with E-state index >= 15 is 0 Å². The van der Waals surface area contributed by atoms with Gasteiger partial charge in [0.2, 0.25) is 0 Å². The number of hydrogen-bond acceptors (Lipinski definition) is 2. The zero-order valence-corrected chi connectivity index (χ0v) is 78.9. The van der Waals surface area contributed by atoms with Gasteiger partial charge in [0.05, 0.1) is 27.9 Å². The summed E-state index contributed by atoms with van der Waals surface area (Å²) in [6.07, 6.45) is 0. The van der Waals surface area contributed by atoms with Crippen molar-refractivity contribution in [3.05, 3.63) is 590 Å². The minimum absolute atomic E-state index is 0.525. The molecule has 2 spiro atoms. The molecule has 144 heavy (non-hydrogen) atoms. The van der Waals surface area contributed by atoms with Crippen LogP contribution in [-0.4, -0.2) is 0 Å². The van der Waals surface area contributed by atoms with Crippen LogP contribution in [0.3, 0.4) is 0 Å². The Balaban J connectivity index is 0.000000137. The molecule has 4 aliphatic rings. The lowest BCUT2D eigenvalue weighted by atomic mass is 9.70. The molecule has 0 N–H and O–H groups in total. The van der Waals surface area contributed by atoms with Gasteiger partial charge in [-0.25, -0.2) is 0 Å². The average molecular weight is 1820 g/mol. The summed E-state index contributed by atoms with van der Waals surface area (Å²) in [5.74, 6) is 0. The Kier molecular flexibility index (Phi) is 18.9. The summed E-state index contributed by atoms with van der Waals surface area (Å²) in [7, 11) is 0. The Morgan fingerprint density at radius 3 is 0.778 bits per heavy atom. The quantitative estimate of drug-likeness (QED) is 0.113. The van der Waals surface area contributed by atoms with Gasteiger partial charge < -0.3 is 9.80 Å². The van der Waals surface area contributed by atoms with Crippen molar-refractivity contribution in [2.45, 2.75) is 10.8 Å². The standard InChI is InChI=1S/2C71H45N/c1-2-19-48(20-3-1)53-22-13-17-33-69(53)72(52-40-41-58-56-25-7-6-23-54(56)55-24-8-9-26-57(55)63(58)43-52)70-45-68-64(44-62(70)49-37-34-47(35-38-49)51-39-36-46-18-4-5-21-50(46)42-51)61-29-12-16-32-67(61)71(68)65-30-14-10-27-59(65)60-28-11-15-31-66(60)71;1-2-17-46(18-3-1)51-21-16-22-53(42-51)72(54-39-40-59-57-25-7-6-23-55(57)56-24-8-9-26-58(56)64(59)43-54)70-45-69-65(44-63(70)49-36-33-48(34-37-49)52-38-35-47-19-4-5-20-50(47)41-52)62-29-12-15-32-68(62)71(69)66-30-13-10-27-60(66)61-28-11-14-31-67(61)71/h2*1-45H. The van der Waals surface area contributed by atoms with E-state index < -0.39 is 10.8 Å². The number of benzene rings is 26. The van der Waals surface area contributed by atoms with Crippen molar-refractivity contribution < 1.29 is 0 Å². The second kappa shape index (κ2) is 33.1. The molecule has 0 bridgehead atoms. The van der Waals surface area contributed by atoms with E-state index in [-0.39, 0.29) is 0 Å². The van der Waals surface area contributed by atoms with E-state index in [1.807, 2.05) is 0 Å². The SMILES string of the molecule is c1ccc(-c2cccc(N(c3ccc4c5ccccc5c5ccccc5c4c3)c3cc4c(cc3-c3ccc(-c5ccc6ccccc6c5)cc3)-c3ccccc3C43c4ccccc4-c4ccccc43)c2)cc1.c1ccc(-c2ccccc2N(c2ccc3c4ccccc4c4ccccc4c3c2)c2cc3c(cc2-c2ccc(-c4ccc5ccccc5c4)cc2)-c2ccccc2C32c3ccccc3-c3ccccc32)cc1. The lowest BCUT2D eigenvalue weighted by Crippen LogP contribution is -2.26. The number of nitrogens with zero attached hydrogens (tertiary/aromatic N) is 2. The van der Waals surface area contributed by atoms with Crippen molar-refractivity contribution in [1.29, 1.82) is 0 Å². The molecule has 0 radical (unpaired) electrons. The summed E-state index contributed by atoms with van der Waals surface area (Å²) in [6.45, 7) is 0. The molecule has 26 aromatic carbocycles. The van der Waals surface area contributed by atoms with Crippen LogP contribution in [0.2, 0.25) is 0 Å². The summed E-state index contributed by atoms with van der Waals surface area (Å²) in [5, 5.41) is 20.0. The van der Waals surface area contributed by atoms with Crippen LogP contribution >= 0.6 is 0 Å². The maximum atomic E-state index is 2.57. The van der Waals surface area contributed by atoms with Gasteiger partial charge in [-0.15, -0.1) is 0 Å². The van der Waals surface area contributed by atoms with Crippen LogP contribution < -0.4 is 9.80 Å². The van der Waals surface area contributed by atoms with Gasteiger partial charge in [-0.2, -0.15) is 0 Å². The topological polar surface area (TPSA) is 6.48 Å². The van der Waals surface area contributed by atoms with Gasteiger partial charge in [0, 0.05) is 33.8 Å². The van der Waals surface area contributed by atoms with Crippen molar-refractivity contribution in [3.63, 3.8) is 0 Å². The largest absolute Gasteiger partial charge is 0.310 e. The Morgan fingerprint density at radius 1 is 0.111 bits per heavy atom. The number of rotatable bonds is 12. The molecular weight excluding hydrogens is 1730 g/mol. The predicted octanol–water partition coefficient (Wildman–Crippen LogP) is 38.2. The van der Waals surface area contributed by atoms with Gasteiger partial charge in [0.25, 0.3) is 0 Å². The Hall–Kier alpha value is -18.6. The minimum Gasteiger partial charge on any atom is -0.310 e. The van der Waals surface area contributed by atoms with Gasteiger partial charge in [-0.05, 0) is 304 Å². The lowest BCUT2D eigenvalue weighted by Gasteiger charge is -2.34. The normalized spacial score (nSPS) is 12.8. The smallest absolute Gasteiger partial charge is 0.0726 e. The summed E-state index contributed by atoms with van der Waals surface area (Å²) in [6, 6.07) is 204. The summed E-state index contributed by atoms with van der Waals surface area (Å²) in [4.78, 5) is 5.12. The summed E-state index contributed by atoms with van der Waals surface area (Å²) in [5.41, 5.74) is 40.5. The summed E-state index contributed by atoms with van der Waals surface area (Å²) >= 11 is 0. The molecule has 0 unspecified atom stereocenters. The van der Waals surface area contributed by atoms with E-state index in [2.05, 4.69) is 556 Å². The van der Waals surface area contributed by atoms with E-state index in [1.165, 1.54) is 220 Å². The molecule has 0 amide bonds. The van der Waals surface area contributed by atoms with Crippen LogP contribution in [0.4, 0.5) is 34.1 Å². The molecule has 0 heterocycles. The van der Waals surface area contributed by atoms with Crippen LogP contribution in [0.1, 0.15) is 44.5 Å². The molecule has 0 aromatic heterocycles. The highest BCUT2D eigenvalue weighted by atomic mass is 15.2. The van der Waals surface area contributed by atoms with Crippen molar-refractivity contribution in [2.75, 3.05) is 9.80 Å². The van der Waals surface area contributed by atoms with E-state index in [9.17, 15) is 0 Å². The highest BCUT2D eigenvalue weighted by Crippen LogP contribution is 2.67. The minimum atomic E-state index is -0.532.